The second kappa shape index (κ2) is 13.9. The van der Waals surface area contributed by atoms with E-state index in [1.54, 1.807) is 0 Å². The molecule has 3 N–H and O–H groups in total. The molecule has 0 bridgehead atoms. The van der Waals surface area contributed by atoms with Crippen LogP contribution in [0.15, 0.2) is 0 Å². The van der Waals surface area contributed by atoms with Gasteiger partial charge in [0.25, 0.3) is 0 Å². The van der Waals surface area contributed by atoms with Crippen molar-refractivity contribution in [2.24, 2.45) is 35.5 Å². The molecule has 8 unspecified atom stereocenters. The number of aliphatic hydroxyl groups excluding tert-OH is 3. The zero-order valence-corrected chi connectivity index (χ0v) is 22.5. The molecular formula is C22H49O3SiTi-. The van der Waals surface area contributed by atoms with E-state index >= 15 is 0 Å². The molecule has 0 aliphatic heterocycles. The normalized spacial score (nSPS) is 41.0. The van der Waals surface area contributed by atoms with Gasteiger partial charge in [0.1, 0.15) is 0 Å². The first-order chi connectivity index (χ1) is 11.6. The molecule has 2 saturated carbocycles. The molecule has 0 spiro atoms. The summed E-state index contributed by atoms with van der Waals surface area (Å²) in [6.07, 6.45) is 2.43. The van der Waals surface area contributed by atoms with Crippen LogP contribution in [0.2, 0.25) is 24.2 Å². The Labute approximate surface area is 186 Å². The maximum atomic E-state index is 10.9. The van der Waals surface area contributed by atoms with Gasteiger partial charge >= 0.3 is 0 Å². The summed E-state index contributed by atoms with van der Waals surface area (Å²) in [5, 5.41) is 24.9. The zero-order valence-electron chi connectivity index (χ0n) is 20.0. The third-order valence-corrected chi connectivity index (χ3v) is 13.1. The third kappa shape index (κ3) is 6.93. The molecule has 27 heavy (non-hydrogen) atoms. The van der Waals surface area contributed by atoms with Crippen LogP contribution in [0.25, 0.3) is 0 Å². The standard InChI is InChI=1S/C19H38OSi.2CH4O.CH3.Ti/c1-11-9-12(2)18(20)17(10-11)21(7,8)19-15(5)13(3)14(4)16(19)6;2*1-2;;/h11-20H,9-10H2,1-8H3;2*2H,1H3;1H3;/q;;;-1;. The molecule has 0 aromatic rings. The fourth-order valence-corrected chi connectivity index (χ4v) is 12.3. The van der Waals surface area contributed by atoms with Crippen molar-refractivity contribution in [2.45, 2.75) is 84.7 Å². The summed E-state index contributed by atoms with van der Waals surface area (Å²) < 4.78 is 0. The average Bonchev–Trinajstić information content (AvgIpc) is 2.78. The smallest absolute Gasteiger partial charge is 0.0570 e. The summed E-state index contributed by atoms with van der Waals surface area (Å²) >= 11 is 0. The van der Waals surface area contributed by atoms with Crippen LogP contribution < -0.4 is 0 Å². The minimum Gasteiger partial charge on any atom is -0.400 e. The molecule has 0 radical (unpaired) electrons. The molecular weight excluding hydrogens is 388 g/mol. The Morgan fingerprint density at radius 3 is 1.44 bits per heavy atom. The Kier molecular flexibility index (Phi) is 16.8. The molecule has 5 heteroatoms. The van der Waals surface area contributed by atoms with E-state index in [1.165, 1.54) is 12.8 Å². The first-order valence-corrected chi connectivity index (χ1v) is 13.3. The number of hydrogen-bond donors (Lipinski definition) is 3. The van der Waals surface area contributed by atoms with E-state index in [2.05, 4.69) is 54.6 Å². The quantitative estimate of drug-likeness (QED) is 0.417. The first kappa shape index (κ1) is 32.5. The molecule has 8 atom stereocenters. The maximum absolute atomic E-state index is 10.9. The molecule has 164 valence electrons. The molecule has 0 heterocycles. The van der Waals surface area contributed by atoms with E-state index in [9.17, 15) is 5.11 Å². The van der Waals surface area contributed by atoms with Crippen molar-refractivity contribution >= 4 is 8.07 Å². The van der Waals surface area contributed by atoms with Crippen LogP contribution in [0.5, 0.6) is 0 Å². The molecule has 2 aliphatic rings. The van der Waals surface area contributed by atoms with E-state index in [4.69, 9.17) is 10.2 Å². The zero-order chi connectivity index (χ0) is 20.1. The van der Waals surface area contributed by atoms with Crippen LogP contribution >= 0.6 is 0 Å². The Hall–Kier alpha value is 0.811. The van der Waals surface area contributed by atoms with E-state index in [0.717, 1.165) is 49.4 Å². The van der Waals surface area contributed by atoms with E-state index in [-0.39, 0.29) is 35.2 Å². The Balaban J connectivity index is -0.000000899. The van der Waals surface area contributed by atoms with Crippen LogP contribution in [0, 0.1) is 42.9 Å². The molecule has 3 nitrogen and oxygen atoms in total. The summed E-state index contributed by atoms with van der Waals surface area (Å²) in [5.41, 5.74) is 1.48. The fraction of sp³-hybridized carbons (Fsp3) is 0.955. The Morgan fingerprint density at radius 2 is 1.07 bits per heavy atom. The molecule has 2 fully saturated rings. The Bertz CT molecular complexity index is 367. The van der Waals surface area contributed by atoms with Gasteiger partial charge in [-0.25, -0.2) is 0 Å². The van der Waals surface area contributed by atoms with Gasteiger partial charge in [-0.1, -0.05) is 54.6 Å². The summed E-state index contributed by atoms with van der Waals surface area (Å²) in [5.74, 6) is 4.63. The van der Waals surface area contributed by atoms with Crippen molar-refractivity contribution in [3.63, 3.8) is 0 Å². The fourth-order valence-electron chi connectivity index (χ4n) is 6.28. The van der Waals surface area contributed by atoms with Crippen molar-refractivity contribution < 1.29 is 37.0 Å². The van der Waals surface area contributed by atoms with Crippen molar-refractivity contribution in [3.8, 4) is 0 Å². The summed E-state index contributed by atoms with van der Waals surface area (Å²) in [7, 11) is 0.524. The van der Waals surface area contributed by atoms with Crippen molar-refractivity contribution in [2.75, 3.05) is 14.2 Å². The summed E-state index contributed by atoms with van der Waals surface area (Å²) in [4.78, 5) is 0. The Morgan fingerprint density at radius 1 is 0.704 bits per heavy atom. The van der Waals surface area contributed by atoms with Gasteiger partial charge in [-0.05, 0) is 59.4 Å². The SMILES string of the molecule is CC1CC(C)C(O)C([Si](C)(C)C2C(C)C(C)C(C)C2C)C1.CO.CO.[CH3-].[Ti]. The minimum atomic E-state index is -1.48. The minimum absolute atomic E-state index is 0. The molecule has 2 aliphatic carbocycles. The summed E-state index contributed by atoms with van der Waals surface area (Å²) in [6.45, 7) is 19.7. The van der Waals surface area contributed by atoms with Gasteiger partial charge in [0.2, 0.25) is 0 Å². The predicted molar refractivity (Wildman–Crippen MR) is 118 cm³/mol. The van der Waals surface area contributed by atoms with Crippen molar-refractivity contribution in [1.29, 1.82) is 0 Å². The van der Waals surface area contributed by atoms with Crippen molar-refractivity contribution in [1.82, 2.24) is 0 Å². The van der Waals surface area contributed by atoms with Gasteiger partial charge < -0.3 is 22.7 Å². The van der Waals surface area contributed by atoms with Gasteiger partial charge in [-0.15, -0.1) is 0 Å². The van der Waals surface area contributed by atoms with Gasteiger partial charge in [0.15, 0.2) is 0 Å². The molecule has 2 rings (SSSR count). The average molecular weight is 438 g/mol. The second-order valence-corrected chi connectivity index (χ2v) is 14.5. The van der Waals surface area contributed by atoms with E-state index < -0.39 is 8.07 Å². The van der Waals surface area contributed by atoms with Gasteiger partial charge in [-0.3, -0.25) is 0 Å². The van der Waals surface area contributed by atoms with Crippen LogP contribution in [0.3, 0.4) is 0 Å². The predicted octanol–water partition coefficient (Wildman–Crippen LogP) is 5.08. The van der Waals surface area contributed by atoms with Crippen LogP contribution in [-0.4, -0.2) is 43.7 Å². The molecule has 0 saturated heterocycles. The van der Waals surface area contributed by atoms with Gasteiger partial charge in [-0.2, -0.15) is 0 Å². The topological polar surface area (TPSA) is 60.7 Å². The number of aliphatic hydroxyl groups is 3. The second-order valence-electron chi connectivity index (χ2n) is 9.43. The van der Waals surface area contributed by atoms with Crippen LogP contribution in [0.1, 0.15) is 54.4 Å². The first-order valence-electron chi connectivity index (χ1n) is 10.2. The van der Waals surface area contributed by atoms with Crippen molar-refractivity contribution in [3.05, 3.63) is 7.43 Å². The molecule has 0 aromatic carbocycles. The number of rotatable bonds is 2. The largest absolute Gasteiger partial charge is 0.400 e. The third-order valence-electron chi connectivity index (χ3n) is 7.86. The maximum Gasteiger partial charge on any atom is 0.0570 e. The summed E-state index contributed by atoms with van der Waals surface area (Å²) in [6, 6.07) is 0. The van der Waals surface area contributed by atoms with E-state index in [0.29, 0.717) is 11.5 Å². The monoisotopic (exact) mass is 437 g/mol. The van der Waals surface area contributed by atoms with Gasteiger partial charge in [0, 0.05) is 35.9 Å². The van der Waals surface area contributed by atoms with E-state index in [1.807, 2.05) is 0 Å². The van der Waals surface area contributed by atoms with Crippen LogP contribution in [0.4, 0.5) is 0 Å². The van der Waals surface area contributed by atoms with Crippen LogP contribution in [-0.2, 0) is 21.7 Å². The molecule has 0 aromatic heterocycles. The van der Waals surface area contributed by atoms with Gasteiger partial charge in [0.05, 0.1) is 14.2 Å². The number of hydrogen-bond acceptors (Lipinski definition) is 3. The molecule has 0 amide bonds.